The van der Waals surface area contributed by atoms with E-state index < -0.39 is 0 Å². The summed E-state index contributed by atoms with van der Waals surface area (Å²) in [6.45, 7) is 1.80. The van der Waals surface area contributed by atoms with E-state index in [1.807, 2.05) is 53.4 Å². The van der Waals surface area contributed by atoms with Crippen LogP contribution in [0, 0.1) is 0 Å². The largest absolute Gasteiger partial charge is 0.399 e. The number of anilines is 1. The van der Waals surface area contributed by atoms with Crippen molar-refractivity contribution in [2.75, 3.05) is 25.4 Å². The van der Waals surface area contributed by atoms with Crippen molar-refractivity contribution in [3.05, 3.63) is 64.1 Å². The molecule has 1 heterocycles. The van der Waals surface area contributed by atoms with Crippen LogP contribution in [-0.2, 0) is 16.0 Å². The molecule has 0 aromatic heterocycles. The molecule has 0 aliphatic carbocycles. The Morgan fingerprint density at radius 1 is 1.17 bits per heavy atom. The van der Waals surface area contributed by atoms with Crippen LogP contribution in [0.2, 0.25) is 0 Å². The highest BCUT2D eigenvalue weighted by Crippen LogP contribution is 2.24. The summed E-state index contributed by atoms with van der Waals surface area (Å²) in [6, 6.07) is 15.5. The molecule has 2 N–H and O–H groups in total. The van der Waals surface area contributed by atoms with E-state index in [4.69, 9.17) is 10.5 Å². The summed E-state index contributed by atoms with van der Waals surface area (Å²) in [5.41, 5.74) is 8.47. The van der Waals surface area contributed by atoms with Crippen LogP contribution in [0.1, 0.15) is 17.2 Å². The second-order valence-corrected chi connectivity index (χ2v) is 6.58. The number of amides is 1. The minimum absolute atomic E-state index is 0.0628. The molecule has 4 nitrogen and oxygen atoms in total. The van der Waals surface area contributed by atoms with Crippen LogP contribution in [0.25, 0.3) is 0 Å². The first-order chi connectivity index (χ1) is 11.1. The van der Waals surface area contributed by atoms with Crippen molar-refractivity contribution in [2.24, 2.45) is 0 Å². The van der Waals surface area contributed by atoms with Gasteiger partial charge in [0.25, 0.3) is 0 Å². The van der Waals surface area contributed by atoms with Gasteiger partial charge in [0.05, 0.1) is 19.6 Å². The molecule has 1 amide bonds. The maximum atomic E-state index is 12.5. The van der Waals surface area contributed by atoms with Gasteiger partial charge in [-0.05, 0) is 35.4 Å². The zero-order valence-electron chi connectivity index (χ0n) is 12.7. The third-order valence-corrected chi connectivity index (χ3v) is 4.52. The fraction of sp³-hybridized carbons (Fsp3) is 0.278. The van der Waals surface area contributed by atoms with Crippen molar-refractivity contribution in [2.45, 2.75) is 12.5 Å². The number of ether oxygens (including phenoxy) is 1. The first kappa shape index (κ1) is 16.0. The monoisotopic (exact) mass is 374 g/mol. The number of carbonyl (C=O) groups excluding carboxylic acids is 1. The van der Waals surface area contributed by atoms with Crippen LogP contribution < -0.4 is 5.73 Å². The zero-order valence-corrected chi connectivity index (χ0v) is 14.3. The molecule has 1 fully saturated rings. The second kappa shape index (κ2) is 7.15. The molecular formula is C18H19BrN2O2. The summed E-state index contributed by atoms with van der Waals surface area (Å²) < 4.78 is 6.86. The van der Waals surface area contributed by atoms with E-state index in [2.05, 4.69) is 15.9 Å². The van der Waals surface area contributed by atoms with Crippen LogP contribution >= 0.6 is 15.9 Å². The molecule has 2 aromatic carbocycles. The smallest absolute Gasteiger partial charge is 0.227 e. The first-order valence-corrected chi connectivity index (χ1v) is 8.40. The van der Waals surface area contributed by atoms with Gasteiger partial charge in [0.15, 0.2) is 0 Å². The molecule has 5 heteroatoms. The fourth-order valence-electron chi connectivity index (χ4n) is 2.68. The van der Waals surface area contributed by atoms with Gasteiger partial charge in [0.1, 0.15) is 6.10 Å². The molecule has 3 rings (SSSR count). The SMILES string of the molecule is Nc1ccc(CC(=O)N2CCOC(c3ccc(Br)cc3)C2)cc1. The third kappa shape index (κ3) is 4.12. The topological polar surface area (TPSA) is 55.6 Å². The minimum atomic E-state index is -0.0628. The van der Waals surface area contributed by atoms with E-state index in [1.54, 1.807) is 0 Å². The van der Waals surface area contributed by atoms with Crippen LogP contribution in [0.5, 0.6) is 0 Å². The Morgan fingerprint density at radius 3 is 2.57 bits per heavy atom. The molecule has 0 bridgehead atoms. The van der Waals surface area contributed by atoms with Crippen molar-refractivity contribution in [3.8, 4) is 0 Å². The standard InChI is InChI=1S/C18H19BrN2O2/c19-15-5-3-14(4-6-15)17-12-21(9-10-23-17)18(22)11-13-1-7-16(20)8-2-13/h1-8,17H,9-12,20H2. The highest BCUT2D eigenvalue weighted by atomic mass is 79.9. The first-order valence-electron chi connectivity index (χ1n) is 7.61. The summed E-state index contributed by atoms with van der Waals surface area (Å²) >= 11 is 3.43. The minimum Gasteiger partial charge on any atom is -0.399 e. The van der Waals surface area contributed by atoms with Gasteiger partial charge in [-0.2, -0.15) is 0 Å². The Kier molecular flexibility index (Phi) is 4.98. The van der Waals surface area contributed by atoms with Gasteiger partial charge in [-0.15, -0.1) is 0 Å². The van der Waals surface area contributed by atoms with E-state index in [0.717, 1.165) is 15.6 Å². The predicted molar refractivity (Wildman–Crippen MR) is 94.0 cm³/mol. The Balaban J connectivity index is 1.64. The Morgan fingerprint density at radius 2 is 1.87 bits per heavy atom. The molecule has 23 heavy (non-hydrogen) atoms. The average molecular weight is 375 g/mol. The lowest BCUT2D eigenvalue weighted by atomic mass is 10.1. The average Bonchev–Trinajstić information content (AvgIpc) is 2.58. The van der Waals surface area contributed by atoms with Gasteiger partial charge in [-0.25, -0.2) is 0 Å². The molecule has 1 unspecified atom stereocenters. The summed E-state index contributed by atoms with van der Waals surface area (Å²) in [6.07, 6.45) is 0.333. The molecule has 0 spiro atoms. The molecule has 0 radical (unpaired) electrons. The number of benzene rings is 2. The Labute approximate surface area is 144 Å². The van der Waals surface area contributed by atoms with Gasteiger partial charge in [0, 0.05) is 16.7 Å². The number of nitrogen functional groups attached to an aromatic ring is 1. The lowest BCUT2D eigenvalue weighted by Gasteiger charge is -2.33. The number of morpholine rings is 1. The van der Waals surface area contributed by atoms with Gasteiger partial charge >= 0.3 is 0 Å². The normalized spacial score (nSPS) is 18.0. The molecule has 1 aliphatic heterocycles. The van der Waals surface area contributed by atoms with Crippen molar-refractivity contribution in [1.29, 1.82) is 0 Å². The highest BCUT2D eigenvalue weighted by molar-refractivity contribution is 9.10. The van der Waals surface area contributed by atoms with Gasteiger partial charge in [0.2, 0.25) is 5.91 Å². The number of hydrogen-bond acceptors (Lipinski definition) is 3. The van der Waals surface area contributed by atoms with Crippen LogP contribution in [0.4, 0.5) is 5.69 Å². The number of nitrogens with two attached hydrogens (primary N) is 1. The maximum Gasteiger partial charge on any atom is 0.227 e. The fourth-order valence-corrected chi connectivity index (χ4v) is 2.94. The van der Waals surface area contributed by atoms with Crippen molar-refractivity contribution < 1.29 is 9.53 Å². The molecule has 1 atom stereocenters. The van der Waals surface area contributed by atoms with E-state index in [-0.39, 0.29) is 12.0 Å². The quantitative estimate of drug-likeness (QED) is 0.839. The Bertz CT molecular complexity index is 670. The van der Waals surface area contributed by atoms with E-state index in [9.17, 15) is 4.79 Å². The zero-order chi connectivity index (χ0) is 16.2. The summed E-state index contributed by atoms with van der Waals surface area (Å²) in [7, 11) is 0. The molecule has 0 saturated carbocycles. The summed E-state index contributed by atoms with van der Waals surface area (Å²) in [5.74, 6) is 0.125. The number of carbonyl (C=O) groups is 1. The number of halogens is 1. The van der Waals surface area contributed by atoms with Crippen LogP contribution in [0.15, 0.2) is 53.0 Å². The predicted octanol–water partition coefficient (Wildman–Crippen LogP) is 3.17. The van der Waals surface area contributed by atoms with Gasteiger partial charge in [-0.1, -0.05) is 40.2 Å². The van der Waals surface area contributed by atoms with Crippen LogP contribution in [-0.4, -0.2) is 30.5 Å². The molecule has 2 aromatic rings. The summed E-state index contributed by atoms with van der Waals surface area (Å²) in [4.78, 5) is 14.4. The van der Waals surface area contributed by atoms with Gasteiger partial charge in [-0.3, -0.25) is 4.79 Å². The molecule has 120 valence electrons. The van der Waals surface area contributed by atoms with Crippen molar-refractivity contribution in [1.82, 2.24) is 4.90 Å². The van der Waals surface area contributed by atoms with E-state index >= 15 is 0 Å². The van der Waals surface area contributed by atoms with Gasteiger partial charge < -0.3 is 15.4 Å². The van der Waals surface area contributed by atoms with E-state index in [1.165, 1.54) is 0 Å². The maximum absolute atomic E-state index is 12.5. The van der Waals surface area contributed by atoms with Crippen molar-refractivity contribution in [3.63, 3.8) is 0 Å². The van der Waals surface area contributed by atoms with E-state index in [0.29, 0.717) is 31.8 Å². The molecule has 1 saturated heterocycles. The van der Waals surface area contributed by atoms with Crippen LogP contribution in [0.3, 0.4) is 0 Å². The lowest BCUT2D eigenvalue weighted by molar-refractivity contribution is -0.138. The number of rotatable bonds is 3. The lowest BCUT2D eigenvalue weighted by Crippen LogP contribution is -2.42. The third-order valence-electron chi connectivity index (χ3n) is 4.00. The molecule has 1 aliphatic rings. The number of hydrogen-bond donors (Lipinski definition) is 1. The Hall–Kier alpha value is -1.85. The summed E-state index contributed by atoms with van der Waals surface area (Å²) in [5, 5.41) is 0. The molecular weight excluding hydrogens is 356 g/mol. The highest BCUT2D eigenvalue weighted by Gasteiger charge is 2.25. The number of nitrogens with zero attached hydrogens (tertiary/aromatic N) is 1. The second-order valence-electron chi connectivity index (χ2n) is 5.67. The van der Waals surface area contributed by atoms with Crippen molar-refractivity contribution >= 4 is 27.5 Å².